The molecule has 0 bridgehead atoms. The summed E-state index contributed by atoms with van der Waals surface area (Å²) in [5.74, 6) is 1.06. The highest BCUT2D eigenvalue weighted by Crippen LogP contribution is 2.32. The maximum Gasteiger partial charge on any atom is 0.147 e. The fourth-order valence-corrected chi connectivity index (χ4v) is 1.57. The topological polar surface area (TPSA) is 27.6 Å². The first kappa shape index (κ1) is 8.51. The van der Waals surface area contributed by atoms with E-state index in [2.05, 4.69) is 31.2 Å². The van der Waals surface area contributed by atoms with Gasteiger partial charge >= 0.3 is 0 Å². The van der Waals surface area contributed by atoms with E-state index in [1.54, 1.807) is 0 Å². The minimum absolute atomic E-state index is 0.194. The number of allylic oxidation sites excluding steroid dienone is 1. The van der Waals surface area contributed by atoms with E-state index >= 15 is 0 Å². The lowest BCUT2D eigenvalue weighted by Crippen LogP contribution is -2.27. The zero-order valence-electron chi connectivity index (χ0n) is 8.33. The van der Waals surface area contributed by atoms with Gasteiger partial charge in [-0.25, -0.2) is 10.4 Å². The van der Waals surface area contributed by atoms with Crippen LogP contribution in [0.2, 0.25) is 0 Å². The molecule has 0 unspecified atom stereocenters. The summed E-state index contributed by atoms with van der Waals surface area (Å²) >= 11 is 0. The number of hydrogen-bond donors (Lipinski definition) is 1. The summed E-state index contributed by atoms with van der Waals surface area (Å²) < 4.78 is 0. The Kier molecular flexibility index (Phi) is 1.77. The smallest absolute Gasteiger partial charge is 0.147 e. The summed E-state index contributed by atoms with van der Waals surface area (Å²) in [4.78, 5) is 4.37. The zero-order chi connectivity index (χ0) is 9.47. The third kappa shape index (κ3) is 1.40. The molecular formula is C10H15N3. The van der Waals surface area contributed by atoms with Crippen molar-refractivity contribution >= 4 is 6.21 Å². The van der Waals surface area contributed by atoms with Gasteiger partial charge in [-0.2, -0.15) is 0 Å². The number of hydrazine groups is 1. The highest BCUT2D eigenvalue weighted by Gasteiger charge is 2.29. The Bertz CT molecular complexity index is 305. The molecule has 2 aliphatic heterocycles. The minimum atomic E-state index is 0.194. The van der Waals surface area contributed by atoms with E-state index < -0.39 is 0 Å². The monoisotopic (exact) mass is 177 g/mol. The Morgan fingerprint density at radius 3 is 2.92 bits per heavy atom. The van der Waals surface area contributed by atoms with Crippen molar-refractivity contribution in [3.05, 3.63) is 23.7 Å². The minimum Gasteiger partial charge on any atom is -0.267 e. The fraction of sp³-hybridized carbons (Fsp3) is 0.500. The third-order valence-electron chi connectivity index (χ3n) is 2.35. The fourth-order valence-electron chi connectivity index (χ4n) is 1.57. The van der Waals surface area contributed by atoms with Gasteiger partial charge in [-0.1, -0.05) is 20.8 Å². The van der Waals surface area contributed by atoms with Crippen LogP contribution in [0.4, 0.5) is 0 Å². The molecule has 0 saturated heterocycles. The maximum atomic E-state index is 4.37. The van der Waals surface area contributed by atoms with E-state index in [1.807, 2.05) is 23.5 Å². The first-order valence-corrected chi connectivity index (χ1v) is 4.56. The normalized spacial score (nSPS) is 21.3. The third-order valence-corrected chi connectivity index (χ3v) is 2.35. The van der Waals surface area contributed by atoms with Crippen molar-refractivity contribution in [1.29, 1.82) is 0 Å². The second kappa shape index (κ2) is 2.70. The lowest BCUT2D eigenvalue weighted by molar-refractivity contribution is 0.383. The van der Waals surface area contributed by atoms with Gasteiger partial charge in [0.1, 0.15) is 5.82 Å². The molecule has 0 aromatic carbocycles. The number of nitrogens with one attached hydrogen (secondary N) is 1. The lowest BCUT2D eigenvalue weighted by Gasteiger charge is -2.21. The number of rotatable bonds is 0. The molecule has 0 aliphatic carbocycles. The highest BCUT2D eigenvalue weighted by molar-refractivity contribution is 5.73. The van der Waals surface area contributed by atoms with E-state index in [4.69, 9.17) is 0 Å². The number of aliphatic imine (C=N–C) groups is 1. The van der Waals surface area contributed by atoms with Crippen LogP contribution < -0.4 is 5.43 Å². The van der Waals surface area contributed by atoms with Gasteiger partial charge < -0.3 is 0 Å². The Morgan fingerprint density at radius 1 is 1.46 bits per heavy atom. The molecule has 70 valence electrons. The van der Waals surface area contributed by atoms with Gasteiger partial charge in [-0.05, 0) is 17.1 Å². The molecule has 0 fully saturated rings. The van der Waals surface area contributed by atoms with Crippen molar-refractivity contribution in [1.82, 2.24) is 10.4 Å². The van der Waals surface area contributed by atoms with Gasteiger partial charge in [0.05, 0.1) is 0 Å². The van der Waals surface area contributed by atoms with Crippen LogP contribution >= 0.6 is 0 Å². The summed E-state index contributed by atoms with van der Waals surface area (Å²) in [6.45, 7) is 7.55. The summed E-state index contributed by atoms with van der Waals surface area (Å²) in [5.41, 5.74) is 4.84. The van der Waals surface area contributed by atoms with Crippen molar-refractivity contribution in [3.8, 4) is 0 Å². The van der Waals surface area contributed by atoms with Gasteiger partial charge in [0.25, 0.3) is 0 Å². The number of hydrogen-bond acceptors (Lipinski definition) is 3. The molecule has 3 heteroatoms. The number of fused-ring (bicyclic) bond motifs is 1. The van der Waals surface area contributed by atoms with Crippen molar-refractivity contribution in [2.24, 2.45) is 10.4 Å². The van der Waals surface area contributed by atoms with Crippen molar-refractivity contribution in [2.75, 3.05) is 6.54 Å². The molecule has 0 spiro atoms. The second-order valence-corrected chi connectivity index (χ2v) is 4.38. The molecule has 0 amide bonds. The van der Waals surface area contributed by atoms with Gasteiger partial charge in [0, 0.05) is 19.0 Å². The van der Waals surface area contributed by atoms with Gasteiger partial charge in [0.2, 0.25) is 0 Å². The quantitative estimate of drug-likeness (QED) is 0.609. The molecule has 2 aliphatic rings. The molecule has 0 aromatic rings. The Morgan fingerprint density at radius 2 is 2.23 bits per heavy atom. The average molecular weight is 177 g/mol. The molecule has 13 heavy (non-hydrogen) atoms. The average Bonchev–Trinajstić information content (AvgIpc) is 2.45. The Balaban J connectivity index is 2.39. The van der Waals surface area contributed by atoms with Gasteiger partial charge in [-0.3, -0.25) is 5.01 Å². The highest BCUT2D eigenvalue weighted by atomic mass is 15.5. The molecule has 0 saturated carbocycles. The largest absolute Gasteiger partial charge is 0.267 e. The Hall–Kier alpha value is -1.09. The van der Waals surface area contributed by atoms with Crippen molar-refractivity contribution < 1.29 is 0 Å². The van der Waals surface area contributed by atoms with Crippen LogP contribution in [0.1, 0.15) is 20.8 Å². The molecule has 0 atom stereocenters. The maximum absolute atomic E-state index is 4.37. The van der Waals surface area contributed by atoms with Crippen LogP contribution in [-0.2, 0) is 0 Å². The standard InChI is InChI=1S/C10H15N3/c1-10(2,3)8-7-12-13-6-4-5-11-9(8)13/h4-6,12H,7H2,1-3H3. The molecular weight excluding hydrogens is 162 g/mol. The number of nitrogens with zero attached hydrogens (tertiary/aromatic N) is 2. The summed E-state index contributed by atoms with van der Waals surface area (Å²) in [7, 11) is 0. The molecule has 2 heterocycles. The van der Waals surface area contributed by atoms with Gasteiger partial charge in [-0.15, -0.1) is 0 Å². The van der Waals surface area contributed by atoms with Crippen LogP contribution in [-0.4, -0.2) is 17.8 Å². The van der Waals surface area contributed by atoms with Crippen LogP contribution in [0.25, 0.3) is 0 Å². The van der Waals surface area contributed by atoms with E-state index in [0.29, 0.717) is 0 Å². The zero-order valence-corrected chi connectivity index (χ0v) is 8.33. The molecule has 3 nitrogen and oxygen atoms in total. The first-order valence-electron chi connectivity index (χ1n) is 4.56. The Labute approximate surface area is 78.8 Å². The summed E-state index contributed by atoms with van der Waals surface area (Å²) in [5, 5.41) is 1.99. The molecule has 0 radical (unpaired) electrons. The van der Waals surface area contributed by atoms with Crippen molar-refractivity contribution in [2.45, 2.75) is 20.8 Å². The van der Waals surface area contributed by atoms with Crippen molar-refractivity contribution in [3.63, 3.8) is 0 Å². The molecule has 0 aromatic heterocycles. The molecule has 2 rings (SSSR count). The van der Waals surface area contributed by atoms with Crippen LogP contribution in [0.3, 0.4) is 0 Å². The van der Waals surface area contributed by atoms with E-state index in [1.165, 1.54) is 5.57 Å². The van der Waals surface area contributed by atoms with Gasteiger partial charge in [0.15, 0.2) is 0 Å². The predicted octanol–water partition coefficient (Wildman–Crippen LogP) is 1.66. The first-order chi connectivity index (χ1) is 6.09. The van der Waals surface area contributed by atoms with E-state index in [9.17, 15) is 0 Å². The SMILES string of the molecule is CC(C)(C)C1=C2N=CC=CN2NC1. The predicted molar refractivity (Wildman–Crippen MR) is 54.0 cm³/mol. The van der Waals surface area contributed by atoms with Crippen LogP contribution in [0.15, 0.2) is 28.7 Å². The summed E-state index contributed by atoms with van der Waals surface area (Å²) in [6.07, 6.45) is 5.77. The van der Waals surface area contributed by atoms with E-state index in [-0.39, 0.29) is 5.41 Å². The van der Waals surface area contributed by atoms with E-state index in [0.717, 1.165) is 12.4 Å². The second-order valence-electron chi connectivity index (χ2n) is 4.38. The summed E-state index contributed by atoms with van der Waals surface area (Å²) in [6, 6.07) is 0. The van der Waals surface area contributed by atoms with Crippen LogP contribution in [0, 0.1) is 5.41 Å². The lowest BCUT2D eigenvalue weighted by atomic mass is 9.87. The van der Waals surface area contributed by atoms with Crippen LogP contribution in [0.5, 0.6) is 0 Å². The molecule has 1 N–H and O–H groups in total.